The minimum Gasteiger partial charge on any atom is -0.345 e. The van der Waals surface area contributed by atoms with Crippen LogP contribution < -0.4 is 11.1 Å². The van der Waals surface area contributed by atoms with Gasteiger partial charge in [0, 0.05) is 0 Å². The maximum Gasteiger partial charge on any atom is 0.237 e. The van der Waals surface area contributed by atoms with Crippen molar-refractivity contribution in [2.45, 2.75) is 24.9 Å². The summed E-state index contributed by atoms with van der Waals surface area (Å²) in [5.41, 5.74) is 5.69. The van der Waals surface area contributed by atoms with Gasteiger partial charge in [-0.25, -0.2) is 0 Å². The van der Waals surface area contributed by atoms with E-state index in [4.69, 9.17) is 5.73 Å². The number of amides is 1. The van der Waals surface area contributed by atoms with Gasteiger partial charge in [0.25, 0.3) is 0 Å². The minimum absolute atomic E-state index is 0.229. The van der Waals surface area contributed by atoms with E-state index < -0.39 is 12.1 Å². The van der Waals surface area contributed by atoms with E-state index in [1.165, 1.54) is 0 Å². The number of rotatable bonds is 9. The van der Waals surface area contributed by atoms with Gasteiger partial charge in [-0.1, -0.05) is 0 Å². The van der Waals surface area contributed by atoms with Crippen molar-refractivity contribution < 1.29 is 9.59 Å². The van der Waals surface area contributed by atoms with Crippen LogP contribution in [0.1, 0.15) is 12.8 Å². The summed E-state index contributed by atoms with van der Waals surface area (Å²) in [7, 11) is 0. The van der Waals surface area contributed by atoms with Gasteiger partial charge in [0.05, 0.1) is 12.1 Å². The van der Waals surface area contributed by atoms with Crippen molar-refractivity contribution in [2.24, 2.45) is 5.73 Å². The number of carbonyl (C=O) groups excluding carboxylic acids is 2. The van der Waals surface area contributed by atoms with Gasteiger partial charge < -0.3 is 15.8 Å². The summed E-state index contributed by atoms with van der Waals surface area (Å²) < 4.78 is 0. The predicted octanol–water partition coefficient (Wildman–Crippen LogP) is 0.504. The highest BCUT2D eigenvalue weighted by molar-refractivity contribution is 7.98. The zero-order chi connectivity index (χ0) is 12.4. The van der Waals surface area contributed by atoms with Crippen LogP contribution in [0.2, 0.25) is 0 Å². The Kier molecular flexibility index (Phi) is 9.86. The van der Waals surface area contributed by atoms with Gasteiger partial charge in [-0.2, -0.15) is 23.5 Å². The SMILES string of the molecule is CSCC[C@@H](N)C(=O)N[C@@H](C=O)CCSC. The summed E-state index contributed by atoms with van der Waals surface area (Å²) >= 11 is 3.30. The molecule has 0 spiro atoms. The van der Waals surface area contributed by atoms with Crippen LogP contribution in [0, 0.1) is 0 Å². The average Bonchev–Trinajstić information content (AvgIpc) is 2.30. The molecular formula is C10H20N2O2S2. The van der Waals surface area contributed by atoms with E-state index in [0.717, 1.165) is 17.8 Å². The number of nitrogens with two attached hydrogens (primary N) is 1. The smallest absolute Gasteiger partial charge is 0.237 e. The van der Waals surface area contributed by atoms with E-state index in [-0.39, 0.29) is 5.91 Å². The Bertz CT molecular complexity index is 215. The molecule has 1 amide bonds. The molecule has 16 heavy (non-hydrogen) atoms. The maximum absolute atomic E-state index is 11.6. The predicted molar refractivity (Wildman–Crippen MR) is 72.0 cm³/mol. The topological polar surface area (TPSA) is 72.2 Å². The lowest BCUT2D eigenvalue weighted by atomic mass is 10.2. The molecule has 0 aromatic rings. The second kappa shape index (κ2) is 9.99. The van der Waals surface area contributed by atoms with Gasteiger partial charge in [-0.3, -0.25) is 4.79 Å². The van der Waals surface area contributed by atoms with Crippen molar-refractivity contribution in [3.8, 4) is 0 Å². The summed E-state index contributed by atoms with van der Waals surface area (Å²) in [4.78, 5) is 22.3. The Morgan fingerprint density at radius 1 is 1.31 bits per heavy atom. The van der Waals surface area contributed by atoms with Crippen molar-refractivity contribution in [3.05, 3.63) is 0 Å². The van der Waals surface area contributed by atoms with Crippen LogP contribution in [0.25, 0.3) is 0 Å². The first-order chi connectivity index (χ1) is 7.65. The van der Waals surface area contributed by atoms with E-state index in [9.17, 15) is 9.59 Å². The molecular weight excluding hydrogens is 244 g/mol. The standard InChI is InChI=1S/C10H20N2O2S2/c1-15-5-3-8(7-13)12-10(14)9(11)4-6-16-2/h7-9H,3-6,11H2,1-2H3,(H,12,14)/t8-,9-/m1/s1. The van der Waals surface area contributed by atoms with Crippen LogP contribution in [0.15, 0.2) is 0 Å². The van der Waals surface area contributed by atoms with Gasteiger partial charge in [-0.15, -0.1) is 0 Å². The Balaban J connectivity index is 3.93. The summed E-state index contributed by atoms with van der Waals surface area (Å²) in [6.07, 6.45) is 6.01. The molecule has 0 heterocycles. The molecule has 0 aromatic carbocycles. The number of hydrogen-bond donors (Lipinski definition) is 2. The molecule has 0 bridgehead atoms. The minimum atomic E-state index is -0.510. The van der Waals surface area contributed by atoms with Crippen LogP contribution in [0.4, 0.5) is 0 Å². The van der Waals surface area contributed by atoms with E-state index >= 15 is 0 Å². The van der Waals surface area contributed by atoms with Crippen LogP contribution in [-0.2, 0) is 9.59 Å². The zero-order valence-corrected chi connectivity index (χ0v) is 11.4. The molecule has 0 saturated carbocycles. The van der Waals surface area contributed by atoms with Crippen molar-refractivity contribution in [1.82, 2.24) is 5.32 Å². The van der Waals surface area contributed by atoms with Crippen molar-refractivity contribution >= 4 is 35.7 Å². The number of hydrogen-bond acceptors (Lipinski definition) is 5. The van der Waals surface area contributed by atoms with Crippen molar-refractivity contribution in [2.75, 3.05) is 24.0 Å². The molecule has 0 unspecified atom stereocenters. The van der Waals surface area contributed by atoms with E-state index in [1.54, 1.807) is 23.5 Å². The monoisotopic (exact) mass is 264 g/mol. The van der Waals surface area contributed by atoms with Gasteiger partial charge in [0.15, 0.2) is 0 Å². The molecule has 0 rings (SSSR count). The van der Waals surface area contributed by atoms with Crippen molar-refractivity contribution in [1.29, 1.82) is 0 Å². The third kappa shape index (κ3) is 7.14. The Labute approximate surface area is 105 Å². The zero-order valence-electron chi connectivity index (χ0n) is 9.77. The van der Waals surface area contributed by atoms with E-state index in [2.05, 4.69) is 5.32 Å². The molecule has 4 nitrogen and oxygen atoms in total. The average molecular weight is 264 g/mol. The first-order valence-electron chi connectivity index (χ1n) is 5.14. The lowest BCUT2D eigenvalue weighted by Gasteiger charge is -2.16. The number of nitrogens with one attached hydrogen (secondary N) is 1. The number of aldehydes is 1. The fraction of sp³-hybridized carbons (Fsp3) is 0.800. The van der Waals surface area contributed by atoms with E-state index in [0.29, 0.717) is 12.8 Å². The molecule has 0 aliphatic heterocycles. The highest BCUT2D eigenvalue weighted by Crippen LogP contribution is 2.01. The fourth-order valence-electron chi connectivity index (χ4n) is 1.08. The largest absolute Gasteiger partial charge is 0.345 e. The Hall–Kier alpha value is -0.200. The highest BCUT2D eigenvalue weighted by atomic mass is 32.2. The van der Waals surface area contributed by atoms with Gasteiger partial charge in [0.1, 0.15) is 6.29 Å². The summed E-state index contributed by atoms with van der Waals surface area (Å²) in [6, 6.07) is -0.913. The first kappa shape index (κ1) is 15.8. The molecule has 2 atom stereocenters. The molecule has 94 valence electrons. The normalized spacial score (nSPS) is 14.2. The van der Waals surface area contributed by atoms with Crippen molar-refractivity contribution in [3.63, 3.8) is 0 Å². The third-order valence-electron chi connectivity index (χ3n) is 2.09. The lowest BCUT2D eigenvalue weighted by Crippen LogP contribution is -2.46. The maximum atomic E-state index is 11.6. The fourth-order valence-corrected chi connectivity index (χ4v) is 2.06. The van der Waals surface area contributed by atoms with Gasteiger partial charge in [0.2, 0.25) is 5.91 Å². The second-order valence-corrected chi connectivity index (χ2v) is 5.39. The number of carbonyl (C=O) groups is 2. The molecule has 0 fully saturated rings. The van der Waals surface area contributed by atoms with Gasteiger partial charge in [-0.05, 0) is 36.9 Å². The lowest BCUT2D eigenvalue weighted by molar-refractivity contribution is -0.125. The molecule has 0 aliphatic carbocycles. The molecule has 0 saturated heterocycles. The van der Waals surface area contributed by atoms with Crippen LogP contribution in [0.3, 0.4) is 0 Å². The highest BCUT2D eigenvalue weighted by Gasteiger charge is 2.16. The molecule has 6 heteroatoms. The van der Waals surface area contributed by atoms with Crippen LogP contribution in [-0.4, -0.2) is 48.3 Å². The number of thioether (sulfide) groups is 2. The first-order valence-corrected chi connectivity index (χ1v) is 7.93. The summed E-state index contributed by atoms with van der Waals surface area (Å²) in [5.74, 6) is 1.47. The molecule has 0 radical (unpaired) electrons. The summed E-state index contributed by atoms with van der Waals surface area (Å²) in [6.45, 7) is 0. The Morgan fingerprint density at radius 3 is 2.38 bits per heavy atom. The molecule has 3 N–H and O–H groups in total. The van der Waals surface area contributed by atoms with Crippen LogP contribution in [0.5, 0.6) is 0 Å². The quantitative estimate of drug-likeness (QED) is 0.594. The van der Waals surface area contributed by atoms with Gasteiger partial charge >= 0.3 is 0 Å². The molecule has 0 aromatic heterocycles. The van der Waals surface area contributed by atoms with Crippen LogP contribution >= 0.6 is 23.5 Å². The second-order valence-electron chi connectivity index (χ2n) is 3.42. The third-order valence-corrected chi connectivity index (χ3v) is 3.38. The summed E-state index contributed by atoms with van der Waals surface area (Å²) in [5, 5.41) is 2.66. The van der Waals surface area contributed by atoms with E-state index in [1.807, 2.05) is 12.5 Å². The Morgan fingerprint density at radius 2 is 1.88 bits per heavy atom. The molecule has 0 aliphatic rings.